The Morgan fingerprint density at radius 1 is 1.06 bits per heavy atom. The van der Waals surface area contributed by atoms with Gasteiger partial charge in [-0.2, -0.15) is 0 Å². The number of fused-ring (bicyclic) bond motifs is 2. The van der Waals surface area contributed by atoms with Crippen molar-refractivity contribution >= 4 is 10.9 Å². The first kappa shape index (κ1) is 20.7. The predicted octanol–water partition coefficient (Wildman–Crippen LogP) is 3.57. The van der Waals surface area contributed by atoms with Crippen LogP contribution in [0.3, 0.4) is 0 Å². The Labute approximate surface area is 192 Å². The number of H-pyrrole nitrogens is 1. The van der Waals surface area contributed by atoms with Gasteiger partial charge in [0.05, 0.1) is 11.6 Å². The van der Waals surface area contributed by atoms with E-state index in [-0.39, 0.29) is 18.4 Å². The second kappa shape index (κ2) is 8.44. The summed E-state index contributed by atoms with van der Waals surface area (Å²) in [7, 11) is 0. The van der Waals surface area contributed by atoms with Crippen LogP contribution in [-0.4, -0.2) is 50.0 Å². The van der Waals surface area contributed by atoms with Crippen molar-refractivity contribution < 1.29 is 9.47 Å². The van der Waals surface area contributed by atoms with Gasteiger partial charge < -0.3 is 14.5 Å². The molecule has 174 valence electrons. The smallest absolute Gasteiger partial charge is 0.253 e. The first-order valence-corrected chi connectivity index (χ1v) is 12.2. The fourth-order valence-electron chi connectivity index (χ4n) is 5.74. The molecule has 0 spiro atoms. The van der Waals surface area contributed by atoms with E-state index >= 15 is 0 Å². The fraction of sp³-hybridized carbons (Fsp3) is 0.583. The van der Waals surface area contributed by atoms with Crippen molar-refractivity contribution in [1.29, 1.82) is 0 Å². The lowest BCUT2D eigenvalue weighted by molar-refractivity contribution is 0.138. The third-order valence-electron chi connectivity index (χ3n) is 7.40. The van der Waals surface area contributed by atoms with Gasteiger partial charge in [-0.1, -0.05) is 26.2 Å². The number of tetrazole rings is 1. The van der Waals surface area contributed by atoms with Gasteiger partial charge in [-0.15, -0.1) is 5.10 Å². The van der Waals surface area contributed by atoms with Crippen LogP contribution in [0.15, 0.2) is 23.0 Å². The number of pyridine rings is 1. The Hall–Kier alpha value is -2.94. The van der Waals surface area contributed by atoms with E-state index in [2.05, 4.69) is 32.3 Å². The molecular formula is C24H30N6O3. The van der Waals surface area contributed by atoms with Crippen molar-refractivity contribution in [3.05, 3.63) is 39.9 Å². The maximum Gasteiger partial charge on any atom is 0.253 e. The van der Waals surface area contributed by atoms with Gasteiger partial charge in [0.1, 0.15) is 6.04 Å². The zero-order valence-electron chi connectivity index (χ0n) is 19.0. The lowest BCUT2D eigenvalue weighted by Crippen LogP contribution is -2.41. The molecule has 2 aliphatic heterocycles. The van der Waals surface area contributed by atoms with Gasteiger partial charge in [0.2, 0.25) is 6.79 Å². The van der Waals surface area contributed by atoms with Gasteiger partial charge in [-0.3, -0.25) is 9.69 Å². The minimum atomic E-state index is -0.289. The third kappa shape index (κ3) is 3.78. The lowest BCUT2D eigenvalue weighted by Gasteiger charge is -2.37. The number of aromatic amines is 1. The first-order chi connectivity index (χ1) is 16.2. The molecule has 3 aliphatic rings. The topological polar surface area (TPSA) is 98.2 Å². The molecule has 0 radical (unpaired) electrons. The van der Waals surface area contributed by atoms with E-state index in [0.29, 0.717) is 29.0 Å². The summed E-state index contributed by atoms with van der Waals surface area (Å²) >= 11 is 0. The summed E-state index contributed by atoms with van der Waals surface area (Å²) in [6.45, 7) is 4.32. The molecule has 6 rings (SSSR count). The van der Waals surface area contributed by atoms with Crippen molar-refractivity contribution in [2.75, 3.05) is 19.9 Å². The number of benzene rings is 1. The second-order valence-electron chi connectivity index (χ2n) is 9.76. The highest BCUT2D eigenvalue weighted by atomic mass is 16.7. The van der Waals surface area contributed by atoms with Gasteiger partial charge in [0, 0.05) is 23.6 Å². The van der Waals surface area contributed by atoms with Gasteiger partial charge in [0.25, 0.3) is 5.56 Å². The Morgan fingerprint density at radius 3 is 2.70 bits per heavy atom. The van der Waals surface area contributed by atoms with Crippen molar-refractivity contribution in [3.8, 4) is 11.5 Å². The number of aromatic nitrogens is 5. The van der Waals surface area contributed by atoms with Crippen LogP contribution in [0.2, 0.25) is 0 Å². The number of hydrogen-bond donors (Lipinski definition) is 1. The van der Waals surface area contributed by atoms with Crippen molar-refractivity contribution in [2.24, 2.45) is 5.92 Å². The molecule has 33 heavy (non-hydrogen) atoms. The number of nitrogens with zero attached hydrogens (tertiary/aromatic N) is 5. The van der Waals surface area contributed by atoms with Crippen molar-refractivity contribution in [3.63, 3.8) is 0 Å². The largest absolute Gasteiger partial charge is 0.454 e. The Balaban J connectivity index is 1.48. The number of ether oxygens (including phenoxy) is 2. The van der Waals surface area contributed by atoms with E-state index in [0.717, 1.165) is 49.1 Å². The minimum Gasteiger partial charge on any atom is -0.454 e. The van der Waals surface area contributed by atoms with Crippen molar-refractivity contribution in [2.45, 2.75) is 64.0 Å². The lowest BCUT2D eigenvalue weighted by atomic mass is 9.93. The minimum absolute atomic E-state index is 0.109. The fourth-order valence-corrected chi connectivity index (χ4v) is 5.74. The molecule has 0 unspecified atom stereocenters. The second-order valence-corrected chi connectivity index (χ2v) is 9.76. The predicted molar refractivity (Wildman–Crippen MR) is 122 cm³/mol. The number of likely N-dealkylation sites (tertiary alicyclic amines) is 1. The zero-order chi connectivity index (χ0) is 22.4. The summed E-state index contributed by atoms with van der Waals surface area (Å²) in [5, 5.41) is 13.9. The van der Waals surface area contributed by atoms with Crippen LogP contribution in [0.1, 0.15) is 75.3 Å². The van der Waals surface area contributed by atoms with Gasteiger partial charge in [-0.05, 0) is 60.7 Å². The summed E-state index contributed by atoms with van der Waals surface area (Å²) in [6.07, 6.45) is 8.12. The Bertz CT molecular complexity index is 1210. The number of hydrogen-bond acceptors (Lipinski definition) is 7. The Kier molecular flexibility index (Phi) is 5.28. The van der Waals surface area contributed by atoms with Gasteiger partial charge in [-0.25, -0.2) is 4.68 Å². The maximum absolute atomic E-state index is 13.4. The van der Waals surface area contributed by atoms with E-state index in [1.165, 1.54) is 25.7 Å². The number of nitrogens with one attached hydrogen (secondary N) is 1. The van der Waals surface area contributed by atoms with Crippen LogP contribution in [0.4, 0.5) is 0 Å². The summed E-state index contributed by atoms with van der Waals surface area (Å²) in [5.74, 6) is 2.71. The normalized spacial score (nSPS) is 22.6. The van der Waals surface area contributed by atoms with Gasteiger partial charge >= 0.3 is 0 Å². The molecule has 0 bridgehead atoms. The molecule has 1 saturated heterocycles. The highest BCUT2D eigenvalue weighted by molar-refractivity contribution is 5.83. The molecule has 2 atom stereocenters. The SMILES string of the molecule is C[C@H]1CCCN([C@@H](c2cc3cc4c(cc3[nH]c2=O)OCO4)c2nnnn2C2CCCCC2)C1. The molecular weight excluding hydrogens is 420 g/mol. The maximum atomic E-state index is 13.4. The molecule has 4 heterocycles. The quantitative estimate of drug-likeness (QED) is 0.649. The van der Waals surface area contributed by atoms with Crippen LogP contribution in [0, 0.1) is 5.92 Å². The first-order valence-electron chi connectivity index (χ1n) is 12.2. The van der Waals surface area contributed by atoms with Crippen LogP contribution in [0.5, 0.6) is 11.5 Å². The molecule has 1 aromatic carbocycles. The highest BCUT2D eigenvalue weighted by Crippen LogP contribution is 2.38. The molecule has 1 aliphatic carbocycles. The standard InChI is InChI=1S/C24H30N6O3/c1-15-6-5-9-29(13-15)22(23-26-27-28-30(23)17-7-3-2-4-8-17)18-10-16-11-20-21(33-14-32-20)12-19(16)25-24(18)31/h10-12,15,17,22H,2-9,13-14H2,1H3,(H,25,31)/t15-,22-/m0/s1. The molecule has 9 heteroatoms. The Morgan fingerprint density at radius 2 is 1.88 bits per heavy atom. The third-order valence-corrected chi connectivity index (χ3v) is 7.40. The molecule has 2 fully saturated rings. The van der Waals surface area contributed by atoms with E-state index in [4.69, 9.17) is 9.47 Å². The molecule has 3 aromatic rings. The van der Waals surface area contributed by atoms with E-state index in [9.17, 15) is 4.79 Å². The number of piperidine rings is 1. The molecule has 0 amide bonds. The van der Waals surface area contributed by atoms with E-state index in [1.54, 1.807) is 0 Å². The summed E-state index contributed by atoms with van der Waals surface area (Å²) < 4.78 is 13.1. The average molecular weight is 451 g/mol. The summed E-state index contributed by atoms with van der Waals surface area (Å²) in [4.78, 5) is 18.9. The summed E-state index contributed by atoms with van der Waals surface area (Å²) in [5.41, 5.74) is 1.32. The number of rotatable bonds is 4. The van der Waals surface area contributed by atoms with E-state index < -0.39 is 0 Å². The van der Waals surface area contributed by atoms with Crippen molar-refractivity contribution in [1.82, 2.24) is 30.1 Å². The van der Waals surface area contributed by atoms with Crippen LogP contribution in [-0.2, 0) is 0 Å². The van der Waals surface area contributed by atoms with Gasteiger partial charge in [0.15, 0.2) is 17.3 Å². The molecule has 2 aromatic heterocycles. The van der Waals surface area contributed by atoms with Crippen LogP contribution in [0.25, 0.3) is 10.9 Å². The monoisotopic (exact) mass is 450 g/mol. The highest BCUT2D eigenvalue weighted by Gasteiger charge is 2.34. The van der Waals surface area contributed by atoms with E-state index in [1.807, 2.05) is 22.9 Å². The zero-order valence-corrected chi connectivity index (χ0v) is 19.0. The van der Waals surface area contributed by atoms with Crippen LogP contribution >= 0.6 is 0 Å². The molecule has 1 N–H and O–H groups in total. The molecule has 1 saturated carbocycles. The average Bonchev–Trinajstić information content (AvgIpc) is 3.48. The summed E-state index contributed by atoms with van der Waals surface area (Å²) in [6, 6.07) is 5.77. The van der Waals surface area contributed by atoms with Crippen LogP contribution < -0.4 is 15.0 Å². The molecule has 9 nitrogen and oxygen atoms in total.